The van der Waals surface area contributed by atoms with E-state index < -0.39 is 0 Å². The lowest BCUT2D eigenvalue weighted by molar-refractivity contribution is 0.0619. The molecule has 0 saturated heterocycles. The van der Waals surface area contributed by atoms with Gasteiger partial charge in [-0.3, -0.25) is 4.79 Å². The van der Waals surface area contributed by atoms with Crippen molar-refractivity contribution in [1.82, 2.24) is 9.55 Å². The zero-order valence-electron chi connectivity index (χ0n) is 17.6. The highest BCUT2D eigenvalue weighted by molar-refractivity contribution is 5.99. The minimum Gasteiger partial charge on any atom is -0.483 e. The average molecular weight is 405 g/mol. The summed E-state index contributed by atoms with van der Waals surface area (Å²) in [5, 5.41) is 0. The summed E-state index contributed by atoms with van der Waals surface area (Å²) in [7, 11) is 0. The Morgan fingerprint density at radius 1 is 1.10 bits per heavy atom. The molecule has 1 atom stereocenters. The molecule has 1 unspecified atom stereocenters. The number of carbonyl (C=O) groups excluding carboxylic acids is 1. The van der Waals surface area contributed by atoms with E-state index in [2.05, 4.69) is 17.1 Å². The fourth-order valence-electron chi connectivity index (χ4n) is 3.92. The van der Waals surface area contributed by atoms with Gasteiger partial charge in [0.2, 0.25) is 0 Å². The molecular weight excluding hydrogens is 376 g/mol. The zero-order valence-corrected chi connectivity index (χ0v) is 17.6. The van der Waals surface area contributed by atoms with Crippen LogP contribution in [-0.2, 0) is 24.3 Å². The first-order valence-electron chi connectivity index (χ1n) is 10.6. The fourth-order valence-corrected chi connectivity index (χ4v) is 3.92. The third-order valence-corrected chi connectivity index (χ3v) is 5.46. The van der Waals surface area contributed by atoms with Crippen molar-refractivity contribution < 1.29 is 14.3 Å². The summed E-state index contributed by atoms with van der Waals surface area (Å²) in [6, 6.07) is 14.1. The highest BCUT2D eigenvalue weighted by Gasteiger charge is 2.24. The second kappa shape index (κ2) is 9.26. The van der Waals surface area contributed by atoms with Gasteiger partial charge in [0.1, 0.15) is 11.9 Å². The first kappa shape index (κ1) is 20.4. The molecule has 156 valence electrons. The van der Waals surface area contributed by atoms with Gasteiger partial charge < -0.3 is 14.0 Å². The van der Waals surface area contributed by atoms with Gasteiger partial charge in [-0.15, -0.1) is 0 Å². The van der Waals surface area contributed by atoms with Gasteiger partial charge in [-0.05, 0) is 49.9 Å². The topological polar surface area (TPSA) is 53.4 Å². The van der Waals surface area contributed by atoms with Crippen molar-refractivity contribution in [2.24, 2.45) is 0 Å². The van der Waals surface area contributed by atoms with Crippen molar-refractivity contribution in [2.45, 2.75) is 58.5 Å². The van der Waals surface area contributed by atoms with Crippen LogP contribution in [0.25, 0.3) is 0 Å². The van der Waals surface area contributed by atoms with E-state index in [1.807, 2.05) is 54.9 Å². The Kier molecular flexibility index (Phi) is 6.29. The second-order valence-corrected chi connectivity index (χ2v) is 7.98. The zero-order chi connectivity index (χ0) is 20.9. The van der Waals surface area contributed by atoms with Gasteiger partial charge >= 0.3 is 0 Å². The summed E-state index contributed by atoms with van der Waals surface area (Å²) in [4.78, 5) is 16.6. The quantitative estimate of drug-likeness (QED) is 0.521. The molecule has 0 N–H and O–H groups in total. The normalized spacial score (nSPS) is 14.6. The van der Waals surface area contributed by atoms with Gasteiger partial charge in [-0.1, -0.05) is 30.3 Å². The minimum atomic E-state index is -0.185. The smallest absolute Gasteiger partial charge is 0.163 e. The van der Waals surface area contributed by atoms with E-state index in [0.717, 1.165) is 40.8 Å². The number of benzene rings is 2. The molecule has 0 fully saturated rings. The van der Waals surface area contributed by atoms with E-state index >= 15 is 0 Å². The molecule has 5 heteroatoms. The van der Waals surface area contributed by atoms with Crippen LogP contribution in [0.4, 0.5) is 0 Å². The Balaban J connectivity index is 1.70. The van der Waals surface area contributed by atoms with Gasteiger partial charge in [0.05, 0.1) is 25.6 Å². The number of aromatic nitrogens is 2. The summed E-state index contributed by atoms with van der Waals surface area (Å²) < 4.78 is 14.6. The Hall–Kier alpha value is -2.92. The largest absolute Gasteiger partial charge is 0.483 e. The van der Waals surface area contributed by atoms with E-state index in [-0.39, 0.29) is 18.0 Å². The maximum Gasteiger partial charge on any atom is 0.163 e. The average Bonchev–Trinajstić information content (AvgIpc) is 3.26. The molecule has 0 aliphatic heterocycles. The number of Topliss-reactive ketones (excluding diaryl/α,β-unsaturated/α-hetero) is 1. The molecule has 0 radical (unpaired) electrons. The predicted molar refractivity (Wildman–Crippen MR) is 116 cm³/mol. The third-order valence-electron chi connectivity index (χ3n) is 5.46. The number of fused-ring (bicyclic) bond motifs is 1. The molecule has 30 heavy (non-hydrogen) atoms. The lowest BCUT2D eigenvalue weighted by Crippen LogP contribution is -2.19. The number of rotatable bonds is 8. The SMILES string of the molecule is CC(C)OCc1c(OC(Cn2ccnc2)c2ccccc2)ccc2c1CCCC2=O. The van der Waals surface area contributed by atoms with Crippen LogP contribution in [0.3, 0.4) is 0 Å². The molecular formula is C25H28N2O3. The molecule has 1 aliphatic carbocycles. The number of nitrogens with zero attached hydrogens (tertiary/aromatic N) is 2. The van der Waals surface area contributed by atoms with Crippen LogP contribution in [0.5, 0.6) is 5.75 Å². The van der Waals surface area contributed by atoms with E-state index in [1.54, 1.807) is 12.5 Å². The fraction of sp³-hybridized carbons (Fsp3) is 0.360. The Morgan fingerprint density at radius 3 is 2.67 bits per heavy atom. The predicted octanol–water partition coefficient (Wildman–Crippen LogP) is 5.15. The number of ether oxygens (including phenoxy) is 2. The van der Waals surface area contributed by atoms with Crippen molar-refractivity contribution >= 4 is 5.78 Å². The van der Waals surface area contributed by atoms with Gasteiger partial charge in [0, 0.05) is 29.9 Å². The Bertz CT molecular complexity index is 981. The second-order valence-electron chi connectivity index (χ2n) is 7.98. The van der Waals surface area contributed by atoms with Crippen LogP contribution in [0.1, 0.15) is 59.8 Å². The van der Waals surface area contributed by atoms with E-state index in [0.29, 0.717) is 19.6 Å². The first-order chi connectivity index (χ1) is 14.6. The highest BCUT2D eigenvalue weighted by atomic mass is 16.5. The number of imidazole rings is 1. The molecule has 3 aromatic rings. The molecule has 0 spiro atoms. The summed E-state index contributed by atoms with van der Waals surface area (Å²) in [6.45, 7) is 5.13. The van der Waals surface area contributed by atoms with Gasteiger partial charge in [0.15, 0.2) is 5.78 Å². The molecule has 1 heterocycles. The molecule has 0 saturated carbocycles. The van der Waals surface area contributed by atoms with Gasteiger partial charge in [-0.25, -0.2) is 4.98 Å². The van der Waals surface area contributed by atoms with Crippen LogP contribution < -0.4 is 4.74 Å². The van der Waals surface area contributed by atoms with E-state index in [1.165, 1.54) is 0 Å². The standard InChI is InChI=1S/C25H28N2O3/c1-18(2)29-16-22-20-9-6-10-23(28)21(20)11-12-24(22)30-25(15-27-14-13-26-17-27)19-7-4-3-5-8-19/h3-5,7-8,11-14,17-18,25H,6,9-10,15-16H2,1-2H3. The minimum absolute atomic E-state index is 0.101. The summed E-state index contributed by atoms with van der Waals surface area (Å²) in [5.74, 6) is 1.00. The van der Waals surface area contributed by atoms with Crippen molar-refractivity contribution in [3.05, 3.63) is 83.4 Å². The maximum absolute atomic E-state index is 12.5. The summed E-state index contributed by atoms with van der Waals surface area (Å²) in [6.07, 6.45) is 7.80. The summed E-state index contributed by atoms with van der Waals surface area (Å²) in [5.41, 5.74) is 4.00. The molecule has 0 bridgehead atoms. The molecule has 5 nitrogen and oxygen atoms in total. The Labute approximate surface area is 177 Å². The lowest BCUT2D eigenvalue weighted by atomic mass is 9.87. The Morgan fingerprint density at radius 2 is 1.93 bits per heavy atom. The van der Waals surface area contributed by atoms with E-state index in [4.69, 9.17) is 9.47 Å². The number of ketones is 1. The summed E-state index contributed by atoms with van der Waals surface area (Å²) >= 11 is 0. The number of hydrogen-bond acceptors (Lipinski definition) is 4. The molecule has 2 aromatic carbocycles. The van der Waals surface area contributed by atoms with Crippen LogP contribution in [0, 0.1) is 0 Å². The van der Waals surface area contributed by atoms with Crippen molar-refractivity contribution in [3.8, 4) is 5.75 Å². The highest BCUT2D eigenvalue weighted by Crippen LogP contribution is 2.35. The van der Waals surface area contributed by atoms with Crippen LogP contribution >= 0.6 is 0 Å². The van der Waals surface area contributed by atoms with Gasteiger partial charge in [0.25, 0.3) is 0 Å². The monoisotopic (exact) mass is 404 g/mol. The van der Waals surface area contributed by atoms with Crippen LogP contribution in [0.15, 0.2) is 61.2 Å². The van der Waals surface area contributed by atoms with Crippen molar-refractivity contribution in [2.75, 3.05) is 0 Å². The van der Waals surface area contributed by atoms with Crippen molar-refractivity contribution in [1.29, 1.82) is 0 Å². The van der Waals surface area contributed by atoms with Crippen LogP contribution in [-0.4, -0.2) is 21.4 Å². The molecule has 1 aliphatic rings. The number of carbonyl (C=O) groups is 1. The van der Waals surface area contributed by atoms with Crippen LogP contribution in [0.2, 0.25) is 0 Å². The van der Waals surface area contributed by atoms with E-state index in [9.17, 15) is 4.79 Å². The number of hydrogen-bond donors (Lipinski definition) is 0. The lowest BCUT2D eigenvalue weighted by Gasteiger charge is -2.26. The van der Waals surface area contributed by atoms with Crippen molar-refractivity contribution in [3.63, 3.8) is 0 Å². The molecule has 1 aromatic heterocycles. The maximum atomic E-state index is 12.5. The molecule has 0 amide bonds. The molecule has 4 rings (SSSR count). The third kappa shape index (κ3) is 4.62. The van der Waals surface area contributed by atoms with Gasteiger partial charge in [-0.2, -0.15) is 0 Å². The first-order valence-corrected chi connectivity index (χ1v) is 10.6.